The zero-order valence-corrected chi connectivity index (χ0v) is 11.4. The topological polar surface area (TPSA) is 32.3 Å². The summed E-state index contributed by atoms with van der Waals surface area (Å²) in [6.45, 7) is 11.7. The van der Waals surface area contributed by atoms with E-state index in [-0.39, 0.29) is 5.91 Å². The number of hydrogen-bond donors (Lipinski definition) is 1. The number of rotatable bonds is 9. The standard InChI is InChI=1S/C13H28N2O/c1-5-9-14-10-13(16)15(8-4)11-12(6-2)7-3/h12,14H,5-11H2,1-4H3. The second-order valence-electron chi connectivity index (χ2n) is 4.29. The van der Waals surface area contributed by atoms with E-state index in [1.165, 1.54) is 0 Å². The molecule has 0 atom stereocenters. The van der Waals surface area contributed by atoms with E-state index in [2.05, 4.69) is 33.0 Å². The minimum Gasteiger partial charge on any atom is -0.342 e. The molecule has 0 spiro atoms. The van der Waals surface area contributed by atoms with Crippen molar-refractivity contribution in [2.45, 2.75) is 47.0 Å². The zero-order valence-electron chi connectivity index (χ0n) is 11.4. The molecule has 3 heteroatoms. The SMILES string of the molecule is CCCNCC(=O)N(CC)CC(CC)CC. The summed E-state index contributed by atoms with van der Waals surface area (Å²) < 4.78 is 0. The summed E-state index contributed by atoms with van der Waals surface area (Å²) in [5, 5.41) is 3.17. The number of amides is 1. The third-order valence-electron chi connectivity index (χ3n) is 3.07. The monoisotopic (exact) mass is 228 g/mol. The van der Waals surface area contributed by atoms with Crippen LogP contribution in [0.4, 0.5) is 0 Å². The molecule has 0 aliphatic rings. The van der Waals surface area contributed by atoms with E-state index in [1.807, 2.05) is 4.90 Å². The Morgan fingerprint density at radius 3 is 2.25 bits per heavy atom. The van der Waals surface area contributed by atoms with Gasteiger partial charge in [0.15, 0.2) is 0 Å². The molecule has 1 N–H and O–H groups in total. The molecular formula is C13H28N2O. The zero-order chi connectivity index (χ0) is 12.4. The van der Waals surface area contributed by atoms with Gasteiger partial charge < -0.3 is 10.2 Å². The van der Waals surface area contributed by atoms with Gasteiger partial charge in [0, 0.05) is 13.1 Å². The fourth-order valence-corrected chi connectivity index (χ4v) is 1.75. The summed E-state index contributed by atoms with van der Waals surface area (Å²) in [6.07, 6.45) is 3.39. The van der Waals surface area contributed by atoms with E-state index in [4.69, 9.17) is 0 Å². The third-order valence-corrected chi connectivity index (χ3v) is 3.07. The van der Waals surface area contributed by atoms with Crippen molar-refractivity contribution in [1.82, 2.24) is 10.2 Å². The summed E-state index contributed by atoms with van der Waals surface area (Å²) in [7, 11) is 0. The van der Waals surface area contributed by atoms with Gasteiger partial charge in [-0.25, -0.2) is 0 Å². The Morgan fingerprint density at radius 1 is 1.19 bits per heavy atom. The molecule has 0 heterocycles. The van der Waals surface area contributed by atoms with Crippen LogP contribution in [0.5, 0.6) is 0 Å². The Balaban J connectivity index is 4.00. The lowest BCUT2D eigenvalue weighted by Crippen LogP contribution is -2.40. The molecule has 16 heavy (non-hydrogen) atoms. The fourth-order valence-electron chi connectivity index (χ4n) is 1.75. The molecular weight excluding hydrogens is 200 g/mol. The molecule has 96 valence electrons. The number of carbonyl (C=O) groups is 1. The van der Waals surface area contributed by atoms with E-state index < -0.39 is 0 Å². The van der Waals surface area contributed by atoms with Crippen LogP contribution in [0.15, 0.2) is 0 Å². The van der Waals surface area contributed by atoms with Gasteiger partial charge in [-0.3, -0.25) is 4.79 Å². The summed E-state index contributed by atoms with van der Waals surface area (Å²) in [6, 6.07) is 0. The fraction of sp³-hybridized carbons (Fsp3) is 0.923. The minimum absolute atomic E-state index is 0.239. The van der Waals surface area contributed by atoms with Gasteiger partial charge >= 0.3 is 0 Å². The second-order valence-corrected chi connectivity index (χ2v) is 4.29. The highest BCUT2D eigenvalue weighted by Crippen LogP contribution is 2.09. The first-order valence-corrected chi connectivity index (χ1v) is 6.67. The van der Waals surface area contributed by atoms with Crippen molar-refractivity contribution < 1.29 is 4.79 Å². The molecule has 0 saturated carbocycles. The molecule has 1 amide bonds. The summed E-state index contributed by atoms with van der Waals surface area (Å²) in [4.78, 5) is 13.9. The predicted molar refractivity (Wildman–Crippen MR) is 69.5 cm³/mol. The van der Waals surface area contributed by atoms with Gasteiger partial charge in [-0.1, -0.05) is 33.6 Å². The van der Waals surface area contributed by atoms with Crippen LogP contribution in [0.2, 0.25) is 0 Å². The van der Waals surface area contributed by atoms with E-state index in [1.54, 1.807) is 0 Å². The van der Waals surface area contributed by atoms with Crippen molar-refractivity contribution in [1.29, 1.82) is 0 Å². The molecule has 0 aromatic rings. The molecule has 3 nitrogen and oxygen atoms in total. The first-order valence-electron chi connectivity index (χ1n) is 6.67. The number of carbonyl (C=O) groups excluding carboxylic acids is 1. The number of likely N-dealkylation sites (N-methyl/N-ethyl adjacent to an activating group) is 1. The lowest BCUT2D eigenvalue weighted by molar-refractivity contribution is -0.130. The lowest BCUT2D eigenvalue weighted by atomic mass is 10.0. The van der Waals surface area contributed by atoms with E-state index in [0.29, 0.717) is 12.5 Å². The van der Waals surface area contributed by atoms with Gasteiger partial charge in [0.1, 0.15) is 0 Å². The Bertz CT molecular complexity index is 179. The Labute approximate surface area is 101 Å². The van der Waals surface area contributed by atoms with Crippen LogP contribution in [0, 0.1) is 5.92 Å². The number of nitrogens with zero attached hydrogens (tertiary/aromatic N) is 1. The van der Waals surface area contributed by atoms with Crippen LogP contribution < -0.4 is 5.32 Å². The largest absolute Gasteiger partial charge is 0.342 e. The normalized spacial score (nSPS) is 10.8. The summed E-state index contributed by atoms with van der Waals surface area (Å²) >= 11 is 0. The highest BCUT2D eigenvalue weighted by atomic mass is 16.2. The Kier molecular flexibility index (Phi) is 9.30. The second kappa shape index (κ2) is 9.64. The first-order chi connectivity index (χ1) is 7.69. The lowest BCUT2D eigenvalue weighted by Gasteiger charge is -2.25. The molecule has 0 saturated heterocycles. The Hall–Kier alpha value is -0.570. The van der Waals surface area contributed by atoms with Crippen LogP contribution in [-0.2, 0) is 4.79 Å². The van der Waals surface area contributed by atoms with Crippen molar-refractivity contribution >= 4 is 5.91 Å². The maximum atomic E-state index is 11.9. The molecule has 0 aliphatic heterocycles. The van der Waals surface area contributed by atoms with Crippen LogP contribution >= 0.6 is 0 Å². The molecule has 0 rings (SSSR count). The molecule has 0 radical (unpaired) electrons. The molecule has 0 aliphatic carbocycles. The van der Waals surface area contributed by atoms with Gasteiger partial charge in [-0.2, -0.15) is 0 Å². The van der Waals surface area contributed by atoms with Crippen molar-refractivity contribution in [3.63, 3.8) is 0 Å². The van der Waals surface area contributed by atoms with Crippen molar-refractivity contribution in [3.05, 3.63) is 0 Å². The predicted octanol–water partition coefficient (Wildman–Crippen LogP) is 2.27. The van der Waals surface area contributed by atoms with Crippen LogP contribution in [-0.4, -0.2) is 37.0 Å². The van der Waals surface area contributed by atoms with Gasteiger partial charge in [0.25, 0.3) is 0 Å². The van der Waals surface area contributed by atoms with Gasteiger partial charge in [-0.15, -0.1) is 0 Å². The van der Waals surface area contributed by atoms with Crippen molar-refractivity contribution in [3.8, 4) is 0 Å². The Morgan fingerprint density at radius 2 is 1.81 bits per heavy atom. The van der Waals surface area contributed by atoms with E-state index in [9.17, 15) is 4.79 Å². The van der Waals surface area contributed by atoms with Crippen molar-refractivity contribution in [2.75, 3.05) is 26.2 Å². The third kappa shape index (κ3) is 6.11. The van der Waals surface area contributed by atoms with E-state index in [0.717, 1.165) is 38.9 Å². The first kappa shape index (κ1) is 15.4. The smallest absolute Gasteiger partial charge is 0.236 e. The van der Waals surface area contributed by atoms with Crippen LogP contribution in [0.3, 0.4) is 0 Å². The highest BCUT2D eigenvalue weighted by Gasteiger charge is 2.14. The molecule has 0 aromatic heterocycles. The molecule has 0 unspecified atom stereocenters. The van der Waals surface area contributed by atoms with Gasteiger partial charge in [-0.05, 0) is 25.8 Å². The average molecular weight is 228 g/mol. The average Bonchev–Trinajstić information content (AvgIpc) is 2.31. The summed E-state index contributed by atoms with van der Waals surface area (Å²) in [5.74, 6) is 0.887. The van der Waals surface area contributed by atoms with E-state index >= 15 is 0 Å². The highest BCUT2D eigenvalue weighted by molar-refractivity contribution is 5.78. The maximum absolute atomic E-state index is 11.9. The number of nitrogens with one attached hydrogen (secondary N) is 1. The number of hydrogen-bond acceptors (Lipinski definition) is 2. The van der Waals surface area contributed by atoms with Gasteiger partial charge in [0.05, 0.1) is 6.54 Å². The molecule has 0 fully saturated rings. The molecule has 0 bridgehead atoms. The van der Waals surface area contributed by atoms with Crippen LogP contribution in [0.1, 0.15) is 47.0 Å². The van der Waals surface area contributed by atoms with Crippen molar-refractivity contribution in [2.24, 2.45) is 5.92 Å². The van der Waals surface area contributed by atoms with Gasteiger partial charge in [0.2, 0.25) is 5.91 Å². The molecule has 0 aromatic carbocycles. The minimum atomic E-state index is 0.239. The van der Waals surface area contributed by atoms with Crippen LogP contribution in [0.25, 0.3) is 0 Å². The quantitative estimate of drug-likeness (QED) is 0.614. The maximum Gasteiger partial charge on any atom is 0.236 e. The summed E-state index contributed by atoms with van der Waals surface area (Å²) in [5.41, 5.74) is 0.